The Morgan fingerprint density at radius 3 is 2.76 bits per heavy atom. The molecule has 7 nitrogen and oxygen atoms in total. The molecule has 118 valence electrons. The van der Waals surface area contributed by atoms with Crippen molar-refractivity contribution in [2.24, 2.45) is 11.8 Å². The minimum atomic E-state index is -0.970. The van der Waals surface area contributed by atoms with Crippen LogP contribution in [0.2, 0.25) is 0 Å². The molecule has 0 spiro atoms. The molecule has 1 saturated carbocycles. The van der Waals surface area contributed by atoms with Gasteiger partial charge in [-0.2, -0.15) is 0 Å². The Balaban J connectivity index is 1.75. The van der Waals surface area contributed by atoms with Crippen LogP contribution in [-0.4, -0.2) is 60.6 Å². The zero-order chi connectivity index (χ0) is 15.4. The molecule has 0 bridgehead atoms. The second-order valence-electron chi connectivity index (χ2n) is 5.84. The number of ether oxygens (including phenoxy) is 1. The number of amides is 2. The van der Waals surface area contributed by atoms with Crippen LogP contribution >= 0.6 is 0 Å². The number of carboxylic acids is 1. The zero-order valence-corrected chi connectivity index (χ0v) is 12.2. The summed E-state index contributed by atoms with van der Waals surface area (Å²) in [5.41, 5.74) is 0. The van der Waals surface area contributed by atoms with Crippen molar-refractivity contribution in [1.29, 1.82) is 0 Å². The average molecular weight is 298 g/mol. The van der Waals surface area contributed by atoms with Gasteiger partial charge in [-0.25, -0.2) is 0 Å². The van der Waals surface area contributed by atoms with E-state index in [2.05, 4.69) is 5.32 Å². The summed E-state index contributed by atoms with van der Waals surface area (Å²) in [5, 5.41) is 11.4. The van der Waals surface area contributed by atoms with Crippen LogP contribution in [-0.2, 0) is 19.1 Å². The molecule has 2 N–H and O–H groups in total. The Morgan fingerprint density at radius 1 is 1.48 bits per heavy atom. The van der Waals surface area contributed by atoms with Crippen LogP contribution in [0.25, 0.3) is 0 Å². The van der Waals surface area contributed by atoms with Gasteiger partial charge >= 0.3 is 5.97 Å². The number of likely N-dealkylation sites (tertiary alicyclic amines) is 1. The smallest absolute Gasteiger partial charge is 0.306 e. The second-order valence-corrected chi connectivity index (χ2v) is 5.84. The molecule has 2 aliphatic rings. The van der Waals surface area contributed by atoms with Crippen LogP contribution in [0.5, 0.6) is 0 Å². The molecule has 0 aromatic rings. The maximum Gasteiger partial charge on any atom is 0.306 e. The normalized spacial score (nSPS) is 23.2. The summed E-state index contributed by atoms with van der Waals surface area (Å²) in [4.78, 5) is 36.3. The number of nitrogens with zero attached hydrogens (tertiary/aromatic N) is 1. The monoisotopic (exact) mass is 298 g/mol. The number of hydrogen-bond acceptors (Lipinski definition) is 4. The standard InChI is InChI=1S/C14H22N2O5/c1-21-11(5-13(18)19)6-15-14(20)10-4-12(17)16(8-10)7-9-2-3-9/h9-11H,2-8H2,1H3,(H,15,20)(H,18,19). The Morgan fingerprint density at radius 2 is 2.19 bits per heavy atom. The van der Waals surface area contributed by atoms with Crippen molar-refractivity contribution in [1.82, 2.24) is 10.2 Å². The van der Waals surface area contributed by atoms with Crippen molar-refractivity contribution in [2.75, 3.05) is 26.7 Å². The zero-order valence-electron chi connectivity index (χ0n) is 12.2. The quantitative estimate of drug-likeness (QED) is 0.650. The fourth-order valence-corrected chi connectivity index (χ4v) is 2.53. The van der Waals surface area contributed by atoms with Crippen LogP contribution in [0, 0.1) is 11.8 Å². The van der Waals surface area contributed by atoms with E-state index in [1.807, 2.05) is 0 Å². The topological polar surface area (TPSA) is 95.9 Å². The third kappa shape index (κ3) is 4.70. The molecule has 1 saturated heterocycles. The van der Waals surface area contributed by atoms with E-state index in [0.29, 0.717) is 12.5 Å². The van der Waals surface area contributed by atoms with Gasteiger partial charge in [0, 0.05) is 33.2 Å². The molecule has 1 aliphatic heterocycles. The number of methoxy groups -OCH3 is 1. The van der Waals surface area contributed by atoms with E-state index in [-0.39, 0.29) is 37.1 Å². The lowest BCUT2D eigenvalue weighted by atomic mass is 10.1. The van der Waals surface area contributed by atoms with Crippen LogP contribution in [0.4, 0.5) is 0 Å². The maximum absolute atomic E-state index is 12.1. The highest BCUT2D eigenvalue weighted by Crippen LogP contribution is 2.31. The van der Waals surface area contributed by atoms with E-state index in [9.17, 15) is 14.4 Å². The van der Waals surface area contributed by atoms with Gasteiger partial charge in [-0.1, -0.05) is 0 Å². The highest BCUT2D eigenvalue weighted by atomic mass is 16.5. The summed E-state index contributed by atoms with van der Waals surface area (Å²) in [5.74, 6) is -0.851. The predicted molar refractivity (Wildman–Crippen MR) is 73.5 cm³/mol. The fraction of sp³-hybridized carbons (Fsp3) is 0.786. The lowest BCUT2D eigenvalue weighted by Crippen LogP contribution is -2.39. The first-order valence-electron chi connectivity index (χ1n) is 7.29. The van der Waals surface area contributed by atoms with E-state index in [1.165, 1.54) is 20.0 Å². The van der Waals surface area contributed by atoms with Gasteiger partial charge in [0.05, 0.1) is 18.4 Å². The molecule has 0 radical (unpaired) electrons. The molecular formula is C14H22N2O5. The molecule has 1 heterocycles. The van der Waals surface area contributed by atoms with Gasteiger partial charge in [0.25, 0.3) is 0 Å². The largest absolute Gasteiger partial charge is 0.481 e. The van der Waals surface area contributed by atoms with Crippen LogP contribution in [0.15, 0.2) is 0 Å². The highest BCUT2D eigenvalue weighted by Gasteiger charge is 2.37. The summed E-state index contributed by atoms with van der Waals surface area (Å²) in [6, 6.07) is 0. The lowest BCUT2D eigenvalue weighted by molar-refractivity contribution is -0.140. The first-order valence-corrected chi connectivity index (χ1v) is 7.29. The van der Waals surface area contributed by atoms with Gasteiger partial charge in [0.15, 0.2) is 0 Å². The summed E-state index contributed by atoms with van der Waals surface area (Å²) < 4.78 is 5.00. The minimum absolute atomic E-state index is 0.0378. The molecule has 1 aliphatic carbocycles. The number of rotatable bonds is 8. The number of hydrogen-bond donors (Lipinski definition) is 2. The van der Waals surface area contributed by atoms with Gasteiger partial charge in [0.1, 0.15) is 0 Å². The molecule has 0 aromatic heterocycles. The van der Waals surface area contributed by atoms with Crippen molar-refractivity contribution in [3.05, 3.63) is 0 Å². The molecule has 2 fully saturated rings. The number of carboxylic acid groups (broad SMARTS) is 1. The second kappa shape index (κ2) is 6.89. The van der Waals surface area contributed by atoms with Crippen molar-refractivity contribution >= 4 is 17.8 Å². The van der Waals surface area contributed by atoms with E-state index < -0.39 is 12.1 Å². The van der Waals surface area contributed by atoms with Crippen LogP contribution in [0.1, 0.15) is 25.7 Å². The Hall–Kier alpha value is -1.63. The third-order valence-electron chi connectivity index (χ3n) is 4.00. The average Bonchev–Trinajstić information content (AvgIpc) is 3.17. The number of nitrogens with one attached hydrogen (secondary N) is 1. The first-order chi connectivity index (χ1) is 9.99. The van der Waals surface area contributed by atoms with Gasteiger partial charge in [-0.05, 0) is 18.8 Å². The molecular weight excluding hydrogens is 276 g/mol. The van der Waals surface area contributed by atoms with Crippen molar-refractivity contribution in [2.45, 2.75) is 31.8 Å². The highest BCUT2D eigenvalue weighted by molar-refractivity contribution is 5.89. The molecule has 7 heteroatoms. The Labute approximate surface area is 123 Å². The van der Waals surface area contributed by atoms with E-state index in [1.54, 1.807) is 4.90 Å². The first kappa shape index (κ1) is 15.8. The van der Waals surface area contributed by atoms with Crippen LogP contribution < -0.4 is 5.32 Å². The minimum Gasteiger partial charge on any atom is -0.481 e. The SMILES string of the molecule is COC(CNC(=O)C1CC(=O)N(CC2CC2)C1)CC(=O)O. The van der Waals surface area contributed by atoms with Crippen molar-refractivity contribution in [3.8, 4) is 0 Å². The fourth-order valence-electron chi connectivity index (χ4n) is 2.53. The predicted octanol–water partition coefficient (Wildman–Crippen LogP) is -0.149. The summed E-state index contributed by atoms with van der Waals surface area (Å²) in [6.45, 7) is 1.38. The summed E-state index contributed by atoms with van der Waals surface area (Å²) in [7, 11) is 1.41. The van der Waals surface area contributed by atoms with Gasteiger partial charge in [-0.15, -0.1) is 0 Å². The van der Waals surface area contributed by atoms with Gasteiger partial charge < -0.3 is 20.1 Å². The van der Waals surface area contributed by atoms with E-state index in [4.69, 9.17) is 9.84 Å². The third-order valence-corrected chi connectivity index (χ3v) is 4.00. The number of carbonyl (C=O) groups is 3. The Kier molecular flexibility index (Phi) is 5.17. The summed E-state index contributed by atoms with van der Waals surface area (Å²) >= 11 is 0. The molecule has 2 atom stereocenters. The molecule has 0 aromatic carbocycles. The van der Waals surface area contributed by atoms with Gasteiger partial charge in [0.2, 0.25) is 11.8 Å². The molecule has 2 amide bonds. The van der Waals surface area contributed by atoms with Crippen LogP contribution in [0.3, 0.4) is 0 Å². The van der Waals surface area contributed by atoms with E-state index >= 15 is 0 Å². The molecule has 2 rings (SSSR count). The number of carbonyl (C=O) groups excluding carboxylic acids is 2. The van der Waals surface area contributed by atoms with E-state index in [0.717, 1.165) is 6.54 Å². The summed E-state index contributed by atoms with van der Waals surface area (Å²) in [6.07, 6.45) is 1.88. The molecule has 2 unspecified atom stereocenters. The maximum atomic E-state index is 12.1. The Bertz CT molecular complexity index is 422. The number of aliphatic carboxylic acids is 1. The molecule has 21 heavy (non-hydrogen) atoms. The van der Waals surface area contributed by atoms with Crippen molar-refractivity contribution in [3.63, 3.8) is 0 Å². The van der Waals surface area contributed by atoms with Crippen molar-refractivity contribution < 1.29 is 24.2 Å². The van der Waals surface area contributed by atoms with Gasteiger partial charge in [-0.3, -0.25) is 14.4 Å². The lowest BCUT2D eigenvalue weighted by Gasteiger charge is -2.17.